The average Bonchev–Trinajstić information content (AvgIpc) is 3.11. The van der Waals surface area contributed by atoms with Crippen LogP contribution in [0.5, 0.6) is 5.75 Å². The van der Waals surface area contributed by atoms with Crippen molar-refractivity contribution in [2.24, 2.45) is 0 Å². The number of halogens is 3. The van der Waals surface area contributed by atoms with Gasteiger partial charge in [0.2, 0.25) is 0 Å². The molecule has 0 spiro atoms. The zero-order valence-electron chi connectivity index (χ0n) is 16.4. The summed E-state index contributed by atoms with van der Waals surface area (Å²) < 4.78 is 52.2. The van der Waals surface area contributed by atoms with Crippen LogP contribution in [-0.2, 0) is 30.5 Å². The molecule has 4 rings (SSSR count). The fourth-order valence-corrected chi connectivity index (χ4v) is 3.61. The van der Waals surface area contributed by atoms with E-state index < -0.39 is 11.7 Å². The summed E-state index contributed by atoms with van der Waals surface area (Å²) in [4.78, 5) is 4.09. The molecule has 1 aliphatic rings. The summed E-state index contributed by atoms with van der Waals surface area (Å²) in [6, 6.07) is 7.23. The number of nitrogens with zero attached hydrogens (tertiary/aromatic N) is 3. The lowest BCUT2D eigenvalue weighted by Gasteiger charge is -2.21. The molecule has 0 bridgehead atoms. The van der Waals surface area contributed by atoms with Gasteiger partial charge < -0.3 is 14.6 Å². The highest BCUT2D eigenvalue weighted by Gasteiger charge is 2.35. The highest BCUT2D eigenvalue weighted by atomic mass is 19.4. The molecule has 9 heteroatoms. The van der Waals surface area contributed by atoms with Gasteiger partial charge in [-0.15, -0.1) is 0 Å². The van der Waals surface area contributed by atoms with Crippen molar-refractivity contribution in [3.63, 3.8) is 0 Å². The van der Waals surface area contributed by atoms with Crippen molar-refractivity contribution < 1.29 is 27.8 Å². The zero-order valence-corrected chi connectivity index (χ0v) is 16.4. The van der Waals surface area contributed by atoms with Crippen molar-refractivity contribution in [3.8, 4) is 22.7 Å². The number of ether oxygens (including phenoxy) is 2. The Hall–Kier alpha value is -2.91. The van der Waals surface area contributed by atoms with Crippen LogP contribution in [0.3, 0.4) is 0 Å². The van der Waals surface area contributed by atoms with Crippen molar-refractivity contribution in [2.45, 2.75) is 38.8 Å². The first kappa shape index (κ1) is 20.4. The van der Waals surface area contributed by atoms with Crippen LogP contribution < -0.4 is 4.74 Å². The predicted molar refractivity (Wildman–Crippen MR) is 102 cm³/mol. The summed E-state index contributed by atoms with van der Waals surface area (Å²) >= 11 is 0. The van der Waals surface area contributed by atoms with E-state index in [9.17, 15) is 18.3 Å². The standard InChI is InChI=1S/C21H20F3N3O3/c1-12-7-18-16(11-30-12)20(13-5-6-25-14(8-13)10-28)26-27(18)15-3-4-17(21(22,23)24)19(9-15)29-2/h3-6,8-9,12,28H,7,10-11H2,1-2H3/t12-/m0/s1. The largest absolute Gasteiger partial charge is 0.496 e. The van der Waals surface area contributed by atoms with Gasteiger partial charge in [0.05, 0.1) is 54.8 Å². The highest BCUT2D eigenvalue weighted by Crippen LogP contribution is 2.38. The summed E-state index contributed by atoms with van der Waals surface area (Å²) in [6.45, 7) is 2.06. The Morgan fingerprint density at radius 2 is 2.07 bits per heavy atom. The van der Waals surface area contributed by atoms with E-state index in [1.807, 2.05) is 6.92 Å². The van der Waals surface area contributed by atoms with Gasteiger partial charge in [0, 0.05) is 29.8 Å². The van der Waals surface area contributed by atoms with Gasteiger partial charge in [-0.2, -0.15) is 18.3 Å². The molecule has 0 fully saturated rings. The molecule has 1 aromatic carbocycles. The molecule has 3 aromatic rings. The molecule has 2 aromatic heterocycles. The van der Waals surface area contributed by atoms with Gasteiger partial charge in [0.15, 0.2) is 0 Å². The van der Waals surface area contributed by atoms with Gasteiger partial charge in [-0.25, -0.2) is 4.68 Å². The number of aliphatic hydroxyl groups excluding tert-OH is 1. The second kappa shape index (κ2) is 7.73. The lowest BCUT2D eigenvalue weighted by Crippen LogP contribution is -2.21. The van der Waals surface area contributed by atoms with Crippen LogP contribution in [0.25, 0.3) is 16.9 Å². The summed E-state index contributed by atoms with van der Waals surface area (Å²) in [7, 11) is 1.21. The third kappa shape index (κ3) is 3.66. The molecule has 0 amide bonds. The van der Waals surface area contributed by atoms with E-state index in [1.165, 1.54) is 19.2 Å². The first-order valence-electron chi connectivity index (χ1n) is 9.36. The number of alkyl halides is 3. The van der Waals surface area contributed by atoms with E-state index in [0.29, 0.717) is 30.1 Å². The number of aromatic nitrogens is 3. The van der Waals surface area contributed by atoms with Crippen molar-refractivity contribution in [1.29, 1.82) is 0 Å². The number of hydrogen-bond donors (Lipinski definition) is 1. The van der Waals surface area contributed by atoms with Crippen LogP contribution in [0.1, 0.15) is 29.4 Å². The van der Waals surface area contributed by atoms with Crippen LogP contribution in [0.4, 0.5) is 13.2 Å². The summed E-state index contributed by atoms with van der Waals surface area (Å²) in [5.41, 5.74) is 3.25. The maximum atomic E-state index is 13.2. The van der Waals surface area contributed by atoms with Gasteiger partial charge in [0.1, 0.15) is 5.75 Å². The Balaban J connectivity index is 1.88. The Bertz CT molecular complexity index is 1080. The van der Waals surface area contributed by atoms with E-state index in [4.69, 9.17) is 14.6 Å². The molecule has 0 radical (unpaired) electrons. The topological polar surface area (TPSA) is 69.4 Å². The maximum absolute atomic E-state index is 13.2. The van der Waals surface area contributed by atoms with Crippen molar-refractivity contribution in [3.05, 3.63) is 59.0 Å². The Kier molecular flexibility index (Phi) is 5.25. The van der Waals surface area contributed by atoms with Crippen LogP contribution in [-0.4, -0.2) is 33.1 Å². The highest BCUT2D eigenvalue weighted by molar-refractivity contribution is 5.65. The minimum atomic E-state index is -4.52. The van der Waals surface area contributed by atoms with Crippen LogP contribution in [0.15, 0.2) is 36.5 Å². The molecule has 1 atom stereocenters. The average molecular weight is 419 g/mol. The molecular weight excluding hydrogens is 399 g/mol. The van der Waals surface area contributed by atoms with E-state index in [1.54, 1.807) is 23.0 Å². The van der Waals surface area contributed by atoms with Gasteiger partial charge in [-0.1, -0.05) is 0 Å². The summed E-state index contributed by atoms with van der Waals surface area (Å²) in [6.07, 6.45) is -2.43. The second-order valence-electron chi connectivity index (χ2n) is 7.09. The molecule has 0 unspecified atom stereocenters. The molecular formula is C21H20F3N3O3. The van der Waals surface area contributed by atoms with Gasteiger partial charge >= 0.3 is 6.18 Å². The fraction of sp³-hybridized carbons (Fsp3) is 0.333. The third-order valence-electron chi connectivity index (χ3n) is 5.07. The van der Waals surface area contributed by atoms with Crippen LogP contribution in [0.2, 0.25) is 0 Å². The smallest absolute Gasteiger partial charge is 0.419 e. The molecule has 1 aliphatic heterocycles. The quantitative estimate of drug-likeness (QED) is 0.694. The Labute approximate surface area is 170 Å². The van der Waals surface area contributed by atoms with E-state index in [0.717, 1.165) is 22.9 Å². The van der Waals surface area contributed by atoms with Gasteiger partial charge in [0.25, 0.3) is 0 Å². The lowest BCUT2D eigenvalue weighted by atomic mass is 10.0. The monoisotopic (exact) mass is 419 g/mol. The maximum Gasteiger partial charge on any atom is 0.419 e. The summed E-state index contributed by atoms with van der Waals surface area (Å²) in [5, 5.41) is 14.1. The fourth-order valence-electron chi connectivity index (χ4n) is 3.61. The number of pyridine rings is 1. The number of rotatable bonds is 4. The molecule has 6 nitrogen and oxygen atoms in total. The van der Waals surface area contributed by atoms with E-state index in [-0.39, 0.29) is 18.5 Å². The Morgan fingerprint density at radius 3 is 2.77 bits per heavy atom. The third-order valence-corrected chi connectivity index (χ3v) is 5.07. The number of aliphatic hydroxyl groups is 1. The number of benzene rings is 1. The van der Waals surface area contributed by atoms with Crippen molar-refractivity contribution in [1.82, 2.24) is 14.8 Å². The predicted octanol–water partition coefficient (Wildman–Crippen LogP) is 3.92. The van der Waals surface area contributed by atoms with Crippen LogP contribution >= 0.6 is 0 Å². The SMILES string of the molecule is COc1cc(-n2nc(-c3ccnc(CO)c3)c3c2C[C@H](C)OC3)ccc1C(F)(F)F. The van der Waals surface area contributed by atoms with E-state index >= 15 is 0 Å². The van der Waals surface area contributed by atoms with Gasteiger partial charge in [-0.05, 0) is 31.2 Å². The van der Waals surface area contributed by atoms with Crippen molar-refractivity contribution in [2.75, 3.05) is 7.11 Å². The zero-order chi connectivity index (χ0) is 21.5. The molecule has 3 heterocycles. The molecule has 0 saturated heterocycles. The second-order valence-corrected chi connectivity index (χ2v) is 7.09. The van der Waals surface area contributed by atoms with E-state index in [2.05, 4.69) is 4.98 Å². The minimum Gasteiger partial charge on any atom is -0.496 e. The first-order valence-corrected chi connectivity index (χ1v) is 9.36. The molecule has 0 aliphatic carbocycles. The lowest BCUT2D eigenvalue weighted by molar-refractivity contribution is -0.138. The Morgan fingerprint density at radius 1 is 1.27 bits per heavy atom. The first-order chi connectivity index (χ1) is 14.3. The molecule has 30 heavy (non-hydrogen) atoms. The normalized spacial score (nSPS) is 16.4. The van der Waals surface area contributed by atoms with Gasteiger partial charge in [-0.3, -0.25) is 4.98 Å². The minimum absolute atomic E-state index is 0.0532. The molecule has 1 N–H and O–H groups in total. The number of methoxy groups -OCH3 is 1. The number of fused-ring (bicyclic) bond motifs is 1. The molecule has 0 saturated carbocycles. The van der Waals surface area contributed by atoms with Crippen LogP contribution in [0, 0.1) is 0 Å². The summed E-state index contributed by atoms with van der Waals surface area (Å²) in [5.74, 6) is -0.266. The van der Waals surface area contributed by atoms with Crippen molar-refractivity contribution >= 4 is 0 Å². The number of hydrogen-bond acceptors (Lipinski definition) is 5. The molecule has 158 valence electrons.